The van der Waals surface area contributed by atoms with Crippen LogP contribution >= 0.6 is 24.0 Å². The van der Waals surface area contributed by atoms with E-state index < -0.39 is 5.82 Å². The molecule has 0 saturated carbocycles. The molecule has 3 nitrogen and oxygen atoms in total. The van der Waals surface area contributed by atoms with Crippen molar-refractivity contribution < 1.29 is 9.18 Å². The molecule has 1 amide bonds. The lowest BCUT2D eigenvalue weighted by molar-refractivity contribution is -0.116. The summed E-state index contributed by atoms with van der Waals surface area (Å²) in [6, 6.07) is 4.42. The van der Waals surface area contributed by atoms with Gasteiger partial charge in [-0.1, -0.05) is 11.6 Å². The molecule has 0 spiro atoms. The van der Waals surface area contributed by atoms with Crippen LogP contribution in [0, 0.1) is 5.82 Å². The highest BCUT2D eigenvalue weighted by Gasteiger charge is 2.18. The number of hydrogen-bond donors (Lipinski definition) is 2. The molecule has 1 aromatic carbocycles. The van der Waals surface area contributed by atoms with E-state index in [4.69, 9.17) is 11.6 Å². The molecule has 1 aliphatic rings. The Morgan fingerprint density at radius 2 is 2.33 bits per heavy atom. The molecule has 1 fully saturated rings. The molecule has 18 heavy (non-hydrogen) atoms. The number of hydrogen-bond acceptors (Lipinski definition) is 2. The minimum Gasteiger partial charge on any atom is -0.324 e. The molecular weight excluding hydrogens is 278 g/mol. The molecular formula is C12H15Cl2FN2O. The zero-order valence-corrected chi connectivity index (χ0v) is 11.3. The Bertz CT molecular complexity index is 423. The molecule has 0 radical (unpaired) electrons. The highest BCUT2D eigenvalue weighted by molar-refractivity contribution is 6.30. The number of anilines is 1. The van der Waals surface area contributed by atoms with Gasteiger partial charge in [0.25, 0.3) is 0 Å². The minimum atomic E-state index is -0.509. The second-order valence-electron chi connectivity index (χ2n) is 4.17. The van der Waals surface area contributed by atoms with Crippen LogP contribution in [-0.4, -0.2) is 18.5 Å². The number of carbonyl (C=O) groups excluding carboxylic acids is 1. The first kappa shape index (κ1) is 15.2. The lowest BCUT2D eigenvalue weighted by atomic mass is 10.1. The van der Waals surface area contributed by atoms with E-state index in [0.717, 1.165) is 19.4 Å². The van der Waals surface area contributed by atoms with Gasteiger partial charge in [0.15, 0.2) is 0 Å². The first-order chi connectivity index (χ1) is 8.15. The van der Waals surface area contributed by atoms with Gasteiger partial charge in [-0.25, -0.2) is 4.39 Å². The monoisotopic (exact) mass is 292 g/mol. The summed E-state index contributed by atoms with van der Waals surface area (Å²) >= 11 is 5.63. The molecule has 1 heterocycles. The summed E-state index contributed by atoms with van der Waals surface area (Å²) in [6.07, 6.45) is 2.46. The zero-order chi connectivity index (χ0) is 12.3. The average molecular weight is 293 g/mol. The maximum atomic E-state index is 13.4. The maximum Gasteiger partial charge on any atom is 0.226 e. The zero-order valence-electron chi connectivity index (χ0n) is 9.71. The van der Waals surface area contributed by atoms with Crippen LogP contribution in [0.25, 0.3) is 0 Å². The highest BCUT2D eigenvalue weighted by Crippen LogP contribution is 2.19. The third kappa shape index (κ3) is 4.12. The summed E-state index contributed by atoms with van der Waals surface area (Å²) in [7, 11) is 0. The highest BCUT2D eigenvalue weighted by atomic mass is 35.5. The van der Waals surface area contributed by atoms with Crippen LogP contribution < -0.4 is 10.6 Å². The summed E-state index contributed by atoms with van der Waals surface area (Å²) in [4.78, 5) is 11.7. The van der Waals surface area contributed by atoms with Crippen molar-refractivity contribution in [2.24, 2.45) is 0 Å². The molecule has 1 aliphatic heterocycles. The van der Waals surface area contributed by atoms with Gasteiger partial charge in [0.2, 0.25) is 5.91 Å². The van der Waals surface area contributed by atoms with Crippen LogP contribution in [0.2, 0.25) is 5.02 Å². The van der Waals surface area contributed by atoms with Crippen molar-refractivity contribution in [2.45, 2.75) is 25.3 Å². The van der Waals surface area contributed by atoms with E-state index in [2.05, 4.69) is 10.6 Å². The van der Waals surface area contributed by atoms with E-state index in [1.807, 2.05) is 0 Å². The van der Waals surface area contributed by atoms with E-state index in [1.165, 1.54) is 12.1 Å². The van der Waals surface area contributed by atoms with Gasteiger partial charge in [0, 0.05) is 17.5 Å². The Morgan fingerprint density at radius 1 is 1.56 bits per heavy atom. The minimum absolute atomic E-state index is 0. The second-order valence-corrected chi connectivity index (χ2v) is 4.61. The molecule has 2 N–H and O–H groups in total. The van der Waals surface area contributed by atoms with E-state index in [1.54, 1.807) is 6.07 Å². The van der Waals surface area contributed by atoms with Crippen molar-refractivity contribution in [1.29, 1.82) is 0 Å². The first-order valence-corrected chi connectivity index (χ1v) is 6.01. The predicted octanol–water partition coefficient (Wildman–Crippen LogP) is 2.98. The molecule has 1 unspecified atom stereocenters. The lowest BCUT2D eigenvalue weighted by Gasteiger charge is -2.11. The van der Waals surface area contributed by atoms with Gasteiger partial charge in [0.1, 0.15) is 5.82 Å². The normalized spacial score (nSPS) is 18.2. The Hall–Kier alpha value is -0.840. The summed E-state index contributed by atoms with van der Waals surface area (Å²) < 4.78 is 13.4. The fourth-order valence-corrected chi connectivity index (χ4v) is 2.11. The smallest absolute Gasteiger partial charge is 0.226 e. The molecule has 0 aromatic heterocycles. The van der Waals surface area contributed by atoms with Crippen LogP contribution in [-0.2, 0) is 4.79 Å². The quantitative estimate of drug-likeness (QED) is 0.899. The summed E-state index contributed by atoms with van der Waals surface area (Å²) in [5.74, 6) is -0.684. The van der Waals surface area contributed by atoms with Crippen molar-refractivity contribution >= 4 is 35.6 Å². The van der Waals surface area contributed by atoms with Gasteiger partial charge < -0.3 is 10.6 Å². The molecule has 2 rings (SSSR count). The Balaban J connectivity index is 0.00000162. The Kier molecular flexibility index (Phi) is 5.85. The topological polar surface area (TPSA) is 41.1 Å². The number of benzene rings is 1. The number of nitrogens with one attached hydrogen (secondary N) is 2. The van der Waals surface area contributed by atoms with Gasteiger partial charge in [-0.3, -0.25) is 4.79 Å². The van der Waals surface area contributed by atoms with Gasteiger partial charge >= 0.3 is 0 Å². The van der Waals surface area contributed by atoms with Crippen molar-refractivity contribution in [1.82, 2.24) is 5.32 Å². The molecule has 1 atom stereocenters. The van der Waals surface area contributed by atoms with Gasteiger partial charge in [-0.05, 0) is 37.6 Å². The fourth-order valence-electron chi connectivity index (χ4n) is 1.95. The number of carbonyl (C=O) groups is 1. The van der Waals surface area contributed by atoms with Gasteiger partial charge in [-0.2, -0.15) is 0 Å². The van der Waals surface area contributed by atoms with Crippen molar-refractivity contribution in [3.63, 3.8) is 0 Å². The molecule has 6 heteroatoms. The molecule has 1 aromatic rings. The third-order valence-electron chi connectivity index (χ3n) is 2.80. The van der Waals surface area contributed by atoms with E-state index in [9.17, 15) is 9.18 Å². The van der Waals surface area contributed by atoms with Crippen molar-refractivity contribution in [3.8, 4) is 0 Å². The third-order valence-corrected chi connectivity index (χ3v) is 3.03. The fraction of sp³-hybridized carbons (Fsp3) is 0.417. The van der Waals surface area contributed by atoms with Gasteiger partial charge in [0.05, 0.1) is 5.69 Å². The molecule has 1 saturated heterocycles. The lowest BCUT2D eigenvalue weighted by Crippen LogP contribution is -2.27. The molecule has 0 aliphatic carbocycles. The summed E-state index contributed by atoms with van der Waals surface area (Å²) in [6.45, 7) is 0.952. The van der Waals surface area contributed by atoms with Crippen LogP contribution in [0.15, 0.2) is 18.2 Å². The Labute approximate surface area is 116 Å². The number of halogens is 3. The van der Waals surface area contributed by atoms with Gasteiger partial charge in [-0.15, -0.1) is 12.4 Å². The van der Waals surface area contributed by atoms with Crippen molar-refractivity contribution in [2.75, 3.05) is 11.9 Å². The predicted molar refractivity (Wildman–Crippen MR) is 72.9 cm³/mol. The second kappa shape index (κ2) is 6.92. The van der Waals surface area contributed by atoms with Crippen molar-refractivity contribution in [3.05, 3.63) is 29.0 Å². The summed E-state index contributed by atoms with van der Waals surface area (Å²) in [5.41, 5.74) is 0.178. The van der Waals surface area contributed by atoms with Crippen LogP contribution in [0.5, 0.6) is 0 Å². The summed E-state index contributed by atoms with van der Waals surface area (Å²) in [5, 5.41) is 6.09. The maximum absolute atomic E-state index is 13.4. The number of amides is 1. The molecule has 0 bridgehead atoms. The number of rotatable bonds is 3. The largest absolute Gasteiger partial charge is 0.324 e. The van der Waals surface area contributed by atoms with Crippen LogP contribution in [0.1, 0.15) is 19.3 Å². The standard InChI is InChI=1S/C12H14ClFN2O.ClH/c13-8-3-4-11(10(14)6-8)16-12(17)7-9-2-1-5-15-9;/h3-4,6,9,15H,1-2,5,7H2,(H,16,17);1H. The first-order valence-electron chi connectivity index (χ1n) is 5.63. The van der Waals surface area contributed by atoms with Crippen LogP contribution in [0.4, 0.5) is 10.1 Å². The van der Waals surface area contributed by atoms with E-state index in [0.29, 0.717) is 11.4 Å². The molecule has 100 valence electrons. The van der Waals surface area contributed by atoms with E-state index >= 15 is 0 Å². The van der Waals surface area contributed by atoms with Crippen LogP contribution in [0.3, 0.4) is 0 Å². The SMILES string of the molecule is Cl.O=C(CC1CCCN1)Nc1ccc(Cl)cc1F. The Morgan fingerprint density at radius 3 is 2.94 bits per heavy atom. The average Bonchev–Trinajstić information content (AvgIpc) is 2.75. The van der Waals surface area contributed by atoms with E-state index in [-0.39, 0.29) is 30.0 Å².